The lowest BCUT2D eigenvalue weighted by molar-refractivity contribution is -0.147. The van der Waals surface area contributed by atoms with E-state index in [-0.39, 0.29) is 5.60 Å². The normalized spacial score (nSPS) is 38.3. The molecule has 2 heterocycles. The van der Waals surface area contributed by atoms with Crippen molar-refractivity contribution in [3.05, 3.63) is 0 Å². The first-order valence-electron chi connectivity index (χ1n) is 7.38. The summed E-state index contributed by atoms with van der Waals surface area (Å²) in [6, 6.07) is 0.910. The monoisotopic (exact) mass is 270 g/mol. The summed E-state index contributed by atoms with van der Waals surface area (Å²) in [5.41, 5.74) is 6.84. The van der Waals surface area contributed by atoms with Gasteiger partial charge in [-0.3, -0.25) is 0 Å². The molecular formula is C14H26N2OS. The minimum absolute atomic E-state index is 0.237. The van der Waals surface area contributed by atoms with Gasteiger partial charge < -0.3 is 15.4 Å². The van der Waals surface area contributed by atoms with Gasteiger partial charge in [0.05, 0.1) is 5.60 Å². The zero-order valence-electron chi connectivity index (χ0n) is 11.4. The van der Waals surface area contributed by atoms with E-state index in [0.29, 0.717) is 18.0 Å². The van der Waals surface area contributed by atoms with Crippen molar-refractivity contribution in [3.8, 4) is 0 Å². The molecule has 3 aliphatic rings. The second kappa shape index (κ2) is 5.31. The highest BCUT2D eigenvalue weighted by Crippen LogP contribution is 2.45. The van der Waals surface area contributed by atoms with Crippen LogP contribution in [0.1, 0.15) is 32.1 Å². The van der Waals surface area contributed by atoms with Crippen molar-refractivity contribution in [1.82, 2.24) is 4.90 Å². The quantitative estimate of drug-likeness (QED) is 0.829. The first-order valence-corrected chi connectivity index (χ1v) is 8.53. The number of thioether (sulfide) groups is 1. The van der Waals surface area contributed by atoms with Gasteiger partial charge in [0.25, 0.3) is 0 Å². The highest BCUT2D eigenvalue weighted by atomic mass is 32.2. The van der Waals surface area contributed by atoms with Crippen molar-refractivity contribution in [2.24, 2.45) is 11.7 Å². The molecule has 0 bridgehead atoms. The average Bonchev–Trinajstić information content (AvgIpc) is 2.37. The van der Waals surface area contributed by atoms with Crippen LogP contribution in [0.3, 0.4) is 0 Å². The fourth-order valence-electron chi connectivity index (χ4n) is 3.74. The van der Waals surface area contributed by atoms with Gasteiger partial charge in [0.1, 0.15) is 0 Å². The van der Waals surface area contributed by atoms with E-state index in [1.165, 1.54) is 43.7 Å². The van der Waals surface area contributed by atoms with Crippen LogP contribution in [-0.2, 0) is 4.74 Å². The molecule has 0 aromatic heterocycles. The molecule has 0 radical (unpaired) electrons. The molecule has 3 fully saturated rings. The number of nitrogens with zero attached hydrogens (tertiary/aromatic N) is 1. The summed E-state index contributed by atoms with van der Waals surface area (Å²) in [5, 5.41) is 0. The molecule has 1 aliphatic carbocycles. The summed E-state index contributed by atoms with van der Waals surface area (Å²) in [5.74, 6) is 3.14. The molecule has 3 unspecified atom stereocenters. The summed E-state index contributed by atoms with van der Waals surface area (Å²) >= 11 is 2.07. The Kier molecular flexibility index (Phi) is 3.90. The van der Waals surface area contributed by atoms with Crippen LogP contribution >= 0.6 is 11.8 Å². The maximum absolute atomic E-state index is 6.60. The lowest BCUT2D eigenvalue weighted by Gasteiger charge is -2.50. The Morgan fingerprint density at radius 1 is 1.44 bits per heavy atom. The molecule has 0 aromatic carbocycles. The second-order valence-electron chi connectivity index (χ2n) is 6.34. The molecule has 1 saturated carbocycles. The Balaban J connectivity index is 1.62. The third kappa shape index (κ3) is 2.45. The van der Waals surface area contributed by atoms with Crippen molar-refractivity contribution in [1.29, 1.82) is 0 Å². The van der Waals surface area contributed by atoms with Crippen LogP contribution in [0.2, 0.25) is 0 Å². The molecule has 3 nitrogen and oxygen atoms in total. The van der Waals surface area contributed by atoms with Crippen LogP contribution in [0.25, 0.3) is 0 Å². The Morgan fingerprint density at radius 3 is 2.94 bits per heavy atom. The Labute approximate surface area is 115 Å². The molecule has 2 saturated heterocycles. The van der Waals surface area contributed by atoms with E-state index >= 15 is 0 Å². The van der Waals surface area contributed by atoms with E-state index in [4.69, 9.17) is 10.5 Å². The number of hydrogen-bond acceptors (Lipinski definition) is 4. The summed E-state index contributed by atoms with van der Waals surface area (Å²) < 4.78 is 6.02. The predicted octanol–water partition coefficient (Wildman–Crippen LogP) is 1.71. The van der Waals surface area contributed by atoms with E-state index in [1.807, 2.05) is 0 Å². The Hall–Kier alpha value is 0.230. The van der Waals surface area contributed by atoms with Gasteiger partial charge in [0.15, 0.2) is 0 Å². The van der Waals surface area contributed by atoms with Crippen LogP contribution < -0.4 is 5.73 Å². The highest BCUT2D eigenvalue weighted by Gasteiger charge is 2.45. The summed E-state index contributed by atoms with van der Waals surface area (Å²) in [6.45, 7) is 2.12. The summed E-state index contributed by atoms with van der Waals surface area (Å²) in [7, 11) is 2.24. The molecule has 4 heteroatoms. The van der Waals surface area contributed by atoms with Gasteiger partial charge in [-0.1, -0.05) is 0 Å². The van der Waals surface area contributed by atoms with E-state index in [2.05, 4.69) is 23.7 Å². The predicted molar refractivity (Wildman–Crippen MR) is 77.0 cm³/mol. The summed E-state index contributed by atoms with van der Waals surface area (Å²) in [4.78, 5) is 2.48. The minimum Gasteiger partial charge on any atom is -0.375 e. The maximum atomic E-state index is 6.60. The number of rotatable bonds is 2. The number of likely N-dealkylation sites (N-methyl/N-ethyl adjacent to an activating group) is 1. The Morgan fingerprint density at radius 2 is 2.28 bits per heavy atom. The topological polar surface area (TPSA) is 38.5 Å². The Bertz CT molecular complexity index is 296. The SMILES string of the molecule is CN1CCSCC1C(N)C1CCOC2(CCC2)C1. The van der Waals surface area contributed by atoms with Crippen molar-refractivity contribution >= 4 is 11.8 Å². The van der Waals surface area contributed by atoms with Crippen LogP contribution in [0.15, 0.2) is 0 Å². The van der Waals surface area contributed by atoms with E-state index in [0.717, 1.165) is 13.0 Å². The number of nitrogens with two attached hydrogens (primary N) is 1. The molecule has 104 valence electrons. The summed E-state index contributed by atoms with van der Waals surface area (Å²) in [6.07, 6.45) is 6.26. The first-order chi connectivity index (χ1) is 8.70. The van der Waals surface area contributed by atoms with Crippen LogP contribution in [0.4, 0.5) is 0 Å². The van der Waals surface area contributed by atoms with E-state index < -0.39 is 0 Å². The van der Waals surface area contributed by atoms with Gasteiger partial charge >= 0.3 is 0 Å². The molecule has 1 spiro atoms. The molecule has 3 rings (SSSR count). The molecule has 0 amide bonds. The lowest BCUT2D eigenvalue weighted by Crippen LogP contribution is -2.57. The van der Waals surface area contributed by atoms with Gasteiger partial charge in [-0.05, 0) is 45.1 Å². The molecule has 18 heavy (non-hydrogen) atoms. The van der Waals surface area contributed by atoms with Crippen LogP contribution in [0.5, 0.6) is 0 Å². The van der Waals surface area contributed by atoms with Crippen molar-refractivity contribution < 1.29 is 4.74 Å². The number of hydrogen-bond donors (Lipinski definition) is 1. The minimum atomic E-state index is 0.237. The molecule has 3 atom stereocenters. The zero-order valence-corrected chi connectivity index (χ0v) is 12.3. The third-order valence-electron chi connectivity index (χ3n) is 5.23. The highest BCUT2D eigenvalue weighted by molar-refractivity contribution is 7.99. The fourth-order valence-corrected chi connectivity index (χ4v) is 5.04. The lowest BCUT2D eigenvalue weighted by atomic mass is 9.69. The van der Waals surface area contributed by atoms with Gasteiger partial charge in [0.2, 0.25) is 0 Å². The molecule has 2 aliphatic heterocycles. The standard InChI is InChI=1S/C14H26N2OS/c1-16-6-8-18-10-12(16)13(15)11-3-7-17-14(9-11)4-2-5-14/h11-13H,2-10,15H2,1H3. The van der Waals surface area contributed by atoms with Gasteiger partial charge in [0, 0.05) is 36.7 Å². The second-order valence-corrected chi connectivity index (χ2v) is 7.49. The van der Waals surface area contributed by atoms with Gasteiger partial charge in [-0.25, -0.2) is 0 Å². The molecular weight excluding hydrogens is 244 g/mol. The largest absolute Gasteiger partial charge is 0.375 e. The van der Waals surface area contributed by atoms with Crippen LogP contribution in [0, 0.1) is 5.92 Å². The van der Waals surface area contributed by atoms with Crippen LogP contribution in [-0.4, -0.2) is 54.3 Å². The van der Waals surface area contributed by atoms with E-state index in [9.17, 15) is 0 Å². The average molecular weight is 270 g/mol. The zero-order chi connectivity index (χ0) is 12.6. The van der Waals surface area contributed by atoms with Gasteiger partial charge in [-0.2, -0.15) is 11.8 Å². The number of ether oxygens (including phenoxy) is 1. The third-order valence-corrected chi connectivity index (χ3v) is 6.28. The van der Waals surface area contributed by atoms with E-state index in [1.54, 1.807) is 0 Å². The maximum Gasteiger partial charge on any atom is 0.0685 e. The smallest absolute Gasteiger partial charge is 0.0685 e. The van der Waals surface area contributed by atoms with Gasteiger partial charge in [-0.15, -0.1) is 0 Å². The molecule has 0 aromatic rings. The first kappa shape index (κ1) is 13.2. The fraction of sp³-hybridized carbons (Fsp3) is 1.00. The van der Waals surface area contributed by atoms with Crippen molar-refractivity contribution in [2.75, 3.05) is 31.7 Å². The molecule has 2 N–H and O–H groups in total. The van der Waals surface area contributed by atoms with Crippen molar-refractivity contribution in [2.45, 2.75) is 49.8 Å². The van der Waals surface area contributed by atoms with Crippen molar-refractivity contribution in [3.63, 3.8) is 0 Å².